The Morgan fingerprint density at radius 1 is 1.00 bits per heavy atom. The molecule has 1 aliphatic rings. The van der Waals surface area contributed by atoms with Gasteiger partial charge in [0.1, 0.15) is 12.4 Å². The molecule has 0 fully saturated rings. The smallest absolute Gasteiger partial charge is 0.255 e. The number of hydrogen-bond acceptors (Lipinski definition) is 3. The van der Waals surface area contributed by atoms with Crippen LogP contribution in [0.2, 0.25) is 0 Å². The van der Waals surface area contributed by atoms with Crippen molar-refractivity contribution >= 4 is 23.2 Å². The molecule has 2 amide bonds. The van der Waals surface area contributed by atoms with E-state index in [1.54, 1.807) is 23.1 Å². The Balaban J connectivity index is 1.55. The molecule has 0 bridgehead atoms. The molecule has 1 heterocycles. The Morgan fingerprint density at radius 2 is 1.68 bits per heavy atom. The molecule has 4 rings (SSSR count). The zero-order valence-corrected chi connectivity index (χ0v) is 18.0. The molecule has 3 aromatic carbocycles. The van der Waals surface area contributed by atoms with Gasteiger partial charge in [0, 0.05) is 17.8 Å². The van der Waals surface area contributed by atoms with E-state index in [9.17, 15) is 9.59 Å². The van der Waals surface area contributed by atoms with E-state index < -0.39 is 5.41 Å². The molecule has 5 nitrogen and oxygen atoms in total. The molecule has 0 saturated heterocycles. The van der Waals surface area contributed by atoms with Crippen molar-refractivity contribution in [3.8, 4) is 16.9 Å². The summed E-state index contributed by atoms with van der Waals surface area (Å²) in [5.74, 6) is 0.448. The van der Waals surface area contributed by atoms with Crippen molar-refractivity contribution in [3.63, 3.8) is 0 Å². The van der Waals surface area contributed by atoms with Crippen LogP contribution in [0.4, 0.5) is 11.4 Å². The summed E-state index contributed by atoms with van der Waals surface area (Å²) in [5, 5.41) is 2.94. The molecule has 158 valence electrons. The van der Waals surface area contributed by atoms with Crippen molar-refractivity contribution in [1.82, 2.24) is 0 Å². The van der Waals surface area contributed by atoms with Gasteiger partial charge in [0.25, 0.3) is 5.91 Å². The number of rotatable bonds is 4. The summed E-state index contributed by atoms with van der Waals surface area (Å²) >= 11 is 0. The Morgan fingerprint density at radius 3 is 2.35 bits per heavy atom. The maximum Gasteiger partial charge on any atom is 0.255 e. The van der Waals surface area contributed by atoms with E-state index in [1.165, 1.54) is 0 Å². The first-order valence-corrected chi connectivity index (χ1v) is 10.4. The average molecular weight is 415 g/mol. The normalized spacial score (nSPS) is 14.9. The van der Waals surface area contributed by atoms with Crippen molar-refractivity contribution in [2.24, 2.45) is 5.41 Å². The van der Waals surface area contributed by atoms with Gasteiger partial charge >= 0.3 is 0 Å². The van der Waals surface area contributed by atoms with E-state index in [-0.39, 0.29) is 11.8 Å². The maximum absolute atomic E-state index is 12.9. The molecule has 5 heteroatoms. The quantitative estimate of drug-likeness (QED) is 0.624. The SMILES string of the molecule is CCN1C(=O)C(C)(C)COc2ccc(NC(=O)c3ccc(-c4ccccc4)cc3)cc21. The highest BCUT2D eigenvalue weighted by atomic mass is 16.5. The van der Waals surface area contributed by atoms with Crippen LogP contribution in [0.5, 0.6) is 5.75 Å². The number of carbonyl (C=O) groups is 2. The molecular weight excluding hydrogens is 388 g/mol. The van der Waals surface area contributed by atoms with E-state index in [1.807, 2.05) is 75.4 Å². The third-order valence-electron chi connectivity index (χ3n) is 5.49. The number of carbonyl (C=O) groups excluding carboxylic acids is 2. The van der Waals surface area contributed by atoms with Crippen LogP contribution in [0.15, 0.2) is 72.8 Å². The lowest BCUT2D eigenvalue weighted by Gasteiger charge is -2.27. The molecule has 0 atom stereocenters. The van der Waals surface area contributed by atoms with Crippen molar-refractivity contribution in [2.45, 2.75) is 20.8 Å². The van der Waals surface area contributed by atoms with Gasteiger partial charge in [-0.05, 0) is 62.2 Å². The summed E-state index contributed by atoms with van der Waals surface area (Å²) in [5.41, 5.74) is 3.40. The third kappa shape index (κ3) is 4.17. The highest BCUT2D eigenvalue weighted by molar-refractivity contribution is 6.05. The van der Waals surface area contributed by atoms with Gasteiger partial charge in [-0.2, -0.15) is 0 Å². The number of benzene rings is 3. The summed E-state index contributed by atoms with van der Waals surface area (Å²) in [6, 6.07) is 22.9. The van der Waals surface area contributed by atoms with Gasteiger partial charge in [0.15, 0.2) is 0 Å². The molecular formula is C26H26N2O3. The molecule has 3 aromatic rings. The molecule has 31 heavy (non-hydrogen) atoms. The molecule has 0 spiro atoms. The maximum atomic E-state index is 12.9. The van der Waals surface area contributed by atoms with Crippen LogP contribution in [0, 0.1) is 5.41 Å². The van der Waals surface area contributed by atoms with Crippen molar-refractivity contribution in [1.29, 1.82) is 0 Å². The van der Waals surface area contributed by atoms with Crippen LogP contribution < -0.4 is 15.0 Å². The van der Waals surface area contributed by atoms with Gasteiger partial charge in [-0.25, -0.2) is 0 Å². The Hall–Kier alpha value is -3.60. The molecule has 0 aromatic heterocycles. The van der Waals surface area contributed by atoms with Crippen LogP contribution in [-0.2, 0) is 4.79 Å². The standard InChI is InChI=1S/C26H26N2O3/c1-4-28-22-16-21(14-15-23(22)31-17-26(2,3)25(28)30)27-24(29)20-12-10-19(11-13-20)18-8-6-5-7-9-18/h5-16H,4,17H2,1-3H3,(H,27,29). The zero-order valence-electron chi connectivity index (χ0n) is 18.0. The first-order valence-electron chi connectivity index (χ1n) is 10.4. The number of hydrogen-bond donors (Lipinski definition) is 1. The summed E-state index contributed by atoms with van der Waals surface area (Å²) in [6.45, 7) is 6.53. The molecule has 0 saturated carbocycles. The Labute approximate surface area is 182 Å². The number of fused-ring (bicyclic) bond motifs is 1. The second-order valence-corrected chi connectivity index (χ2v) is 8.30. The molecule has 0 unspecified atom stereocenters. The number of ether oxygens (including phenoxy) is 1. The Bertz CT molecular complexity index is 1110. The minimum Gasteiger partial charge on any atom is -0.490 e. The van der Waals surface area contributed by atoms with Gasteiger partial charge in [0.2, 0.25) is 5.91 Å². The largest absolute Gasteiger partial charge is 0.490 e. The van der Waals surface area contributed by atoms with E-state index in [4.69, 9.17) is 4.74 Å². The van der Waals surface area contributed by atoms with Crippen molar-refractivity contribution in [3.05, 3.63) is 78.4 Å². The molecule has 1 N–H and O–H groups in total. The number of anilines is 2. The van der Waals surface area contributed by atoms with Crippen molar-refractivity contribution in [2.75, 3.05) is 23.4 Å². The number of nitrogens with zero attached hydrogens (tertiary/aromatic N) is 1. The molecule has 0 aliphatic carbocycles. The molecule has 0 radical (unpaired) electrons. The van der Waals surface area contributed by atoms with Gasteiger partial charge in [0.05, 0.1) is 11.1 Å². The number of nitrogens with one attached hydrogen (secondary N) is 1. The van der Waals surface area contributed by atoms with Gasteiger partial charge in [-0.1, -0.05) is 42.5 Å². The fourth-order valence-electron chi connectivity index (χ4n) is 3.68. The third-order valence-corrected chi connectivity index (χ3v) is 5.49. The lowest BCUT2D eigenvalue weighted by molar-refractivity contribution is -0.127. The van der Waals surface area contributed by atoms with Crippen molar-refractivity contribution < 1.29 is 14.3 Å². The summed E-state index contributed by atoms with van der Waals surface area (Å²) in [4.78, 5) is 27.4. The minimum absolute atomic E-state index is 0.00808. The van der Waals surface area contributed by atoms with E-state index >= 15 is 0 Å². The van der Waals surface area contributed by atoms with Crippen LogP contribution in [-0.4, -0.2) is 25.0 Å². The average Bonchev–Trinajstić information content (AvgIpc) is 2.88. The van der Waals surface area contributed by atoms with E-state index in [0.717, 1.165) is 11.1 Å². The van der Waals surface area contributed by atoms with Gasteiger partial charge in [-0.15, -0.1) is 0 Å². The highest BCUT2D eigenvalue weighted by Gasteiger charge is 2.37. The first kappa shape index (κ1) is 20.7. The topological polar surface area (TPSA) is 58.6 Å². The second kappa shape index (κ2) is 8.26. The van der Waals surface area contributed by atoms with E-state index in [0.29, 0.717) is 35.8 Å². The summed E-state index contributed by atoms with van der Waals surface area (Å²) < 4.78 is 5.89. The predicted molar refractivity (Wildman–Crippen MR) is 124 cm³/mol. The predicted octanol–water partition coefficient (Wildman–Crippen LogP) is 5.38. The zero-order chi connectivity index (χ0) is 22.0. The van der Waals surface area contributed by atoms with Crippen LogP contribution in [0.25, 0.3) is 11.1 Å². The lowest BCUT2D eigenvalue weighted by Crippen LogP contribution is -2.42. The van der Waals surface area contributed by atoms with Crippen LogP contribution in [0.3, 0.4) is 0 Å². The minimum atomic E-state index is -0.612. The number of amides is 2. The second-order valence-electron chi connectivity index (χ2n) is 8.30. The first-order chi connectivity index (χ1) is 14.9. The summed E-state index contributed by atoms with van der Waals surface area (Å²) in [6.07, 6.45) is 0. The fraction of sp³-hybridized carbons (Fsp3) is 0.231. The lowest BCUT2D eigenvalue weighted by atomic mass is 9.93. The van der Waals surface area contributed by atoms with Crippen LogP contribution in [0.1, 0.15) is 31.1 Å². The van der Waals surface area contributed by atoms with Crippen LogP contribution >= 0.6 is 0 Å². The fourth-order valence-corrected chi connectivity index (χ4v) is 3.68. The highest BCUT2D eigenvalue weighted by Crippen LogP contribution is 2.38. The monoisotopic (exact) mass is 414 g/mol. The Kier molecular flexibility index (Phi) is 5.51. The van der Waals surface area contributed by atoms with E-state index in [2.05, 4.69) is 5.32 Å². The summed E-state index contributed by atoms with van der Waals surface area (Å²) in [7, 11) is 0. The van der Waals surface area contributed by atoms with Gasteiger partial charge in [-0.3, -0.25) is 9.59 Å². The molecule has 1 aliphatic heterocycles. The van der Waals surface area contributed by atoms with Gasteiger partial charge < -0.3 is 15.0 Å².